The van der Waals surface area contributed by atoms with Crippen LogP contribution in [0.4, 0.5) is 43.9 Å². The molecule has 0 unspecified atom stereocenters. The van der Waals surface area contributed by atoms with Gasteiger partial charge in [-0.05, 0) is 11.5 Å². The zero-order valence-corrected chi connectivity index (χ0v) is 14.9. The summed E-state index contributed by atoms with van der Waals surface area (Å²) in [5.74, 6) is -27.2. The molecule has 0 fully saturated rings. The molecular weight excluding hydrogens is 429 g/mol. The zero-order chi connectivity index (χ0) is 22.5. The van der Waals surface area contributed by atoms with Crippen molar-refractivity contribution in [2.75, 3.05) is 0 Å². The minimum atomic E-state index is -2.33. The van der Waals surface area contributed by atoms with E-state index in [1.807, 2.05) is 0 Å². The maximum Gasteiger partial charge on any atom is 0.200 e. The van der Waals surface area contributed by atoms with Gasteiger partial charge in [-0.25, -0.2) is 43.9 Å². The summed E-state index contributed by atoms with van der Waals surface area (Å²) >= 11 is 2.66. The van der Waals surface area contributed by atoms with Crippen LogP contribution in [-0.4, -0.2) is 16.3 Å². The predicted molar refractivity (Wildman–Crippen MR) is 72.2 cm³/mol. The molecule has 0 atom stereocenters. The van der Waals surface area contributed by atoms with Crippen molar-refractivity contribution in [2.45, 2.75) is 18.6 Å². The average Bonchev–Trinajstić information content (AvgIpc) is 2.64. The molecule has 13 heteroatoms. The molecule has 0 bridgehead atoms. The largest absolute Gasteiger partial charge is 0.868 e. The van der Waals surface area contributed by atoms with Crippen LogP contribution in [0.15, 0.2) is 0 Å². The van der Waals surface area contributed by atoms with Crippen LogP contribution in [0.25, 0.3) is 0 Å². The Hall–Kier alpha value is -2.13. The van der Waals surface area contributed by atoms with E-state index in [1.165, 1.54) is 0 Å². The van der Waals surface area contributed by atoms with Crippen LogP contribution >= 0.6 is 0 Å². The Bertz CT molecular complexity index is 577. The monoisotopic (exact) mass is 436 g/mol. The molecule has 28 heavy (non-hydrogen) atoms. The first-order valence-corrected chi connectivity index (χ1v) is 7.45. The minimum absolute atomic E-state index is 0.750. The van der Waals surface area contributed by atoms with Crippen molar-refractivity contribution in [3.05, 3.63) is 58.2 Å². The fourth-order valence-electron chi connectivity index (χ4n) is 1.17. The van der Waals surface area contributed by atoms with Crippen molar-refractivity contribution in [1.29, 1.82) is 0 Å². The summed E-state index contributed by atoms with van der Waals surface area (Å²) in [4.78, 5) is 0. The van der Waals surface area contributed by atoms with E-state index in [9.17, 15) is 54.1 Å². The fourth-order valence-corrected chi connectivity index (χ4v) is 1.17. The Morgan fingerprint density at radius 3 is 0.714 bits per heavy atom. The molecule has 0 radical (unpaired) electrons. The van der Waals surface area contributed by atoms with Crippen molar-refractivity contribution in [3.8, 4) is 11.5 Å². The number of halogens is 10. The van der Waals surface area contributed by atoms with Gasteiger partial charge in [0.05, 0.1) is 0 Å². The Balaban J connectivity index is 0.000000439. The fraction of sp³-hybridized carbons (Fsp3) is 0.200. The Labute approximate surface area is 159 Å². The standard InChI is InChI=1S/2C6HF5O.C3H7.Al/c2*7-1-2(8)4(10)6(12)5(11)3(1)9;1-3-2;/h2*12H;3H,1-2H3;/q;;;+2/p-2. The third kappa shape index (κ3) is 5.93. The number of benzene rings is 2. The van der Waals surface area contributed by atoms with E-state index < -0.39 is 69.7 Å². The molecule has 0 saturated carbocycles. The van der Waals surface area contributed by atoms with Gasteiger partial charge in [-0.1, -0.05) is 0 Å². The molecule has 0 heterocycles. The van der Waals surface area contributed by atoms with Gasteiger partial charge in [0.2, 0.25) is 0 Å². The molecule has 0 aliphatic heterocycles. The van der Waals surface area contributed by atoms with Gasteiger partial charge in [0.15, 0.2) is 58.2 Å². The SMILES string of the molecule is C[CH](C)[Al+2].[O-]c1c(F)c(F)c(F)c(F)c1F.[O-]c1c(F)c(F)c(F)c(F)c1F. The molecule has 2 rings (SSSR count). The number of hydrogen-bond donors (Lipinski definition) is 0. The van der Waals surface area contributed by atoms with Crippen LogP contribution in [-0.2, 0) is 0 Å². The smallest absolute Gasteiger partial charge is 0.200 e. The van der Waals surface area contributed by atoms with Crippen LogP contribution in [0.2, 0.25) is 4.78 Å². The Kier molecular flexibility index (Phi) is 9.63. The quantitative estimate of drug-likeness (QED) is 0.272. The number of rotatable bonds is 0. The van der Waals surface area contributed by atoms with Gasteiger partial charge in [-0.3, -0.25) is 0 Å². The maximum atomic E-state index is 12.1. The van der Waals surface area contributed by atoms with Crippen LogP contribution < -0.4 is 10.2 Å². The summed E-state index contributed by atoms with van der Waals surface area (Å²) in [7, 11) is 0. The second kappa shape index (κ2) is 10.4. The average molecular weight is 436 g/mol. The molecule has 2 aromatic carbocycles. The van der Waals surface area contributed by atoms with Gasteiger partial charge >= 0.3 is 34.9 Å². The van der Waals surface area contributed by atoms with E-state index in [-0.39, 0.29) is 0 Å². The first kappa shape index (κ1) is 25.9. The molecule has 2 nitrogen and oxygen atoms in total. The summed E-state index contributed by atoms with van der Waals surface area (Å²) in [6.07, 6.45) is 0. The molecule has 0 aromatic heterocycles. The third-order valence-electron chi connectivity index (χ3n) is 2.34. The second-order valence-electron chi connectivity index (χ2n) is 5.04. The Morgan fingerprint density at radius 2 is 0.571 bits per heavy atom. The van der Waals surface area contributed by atoms with Crippen LogP contribution in [0.3, 0.4) is 0 Å². The molecule has 2 aromatic rings. The minimum Gasteiger partial charge on any atom is -0.868 e. The molecule has 0 aliphatic rings. The van der Waals surface area contributed by atoms with Crippen LogP contribution in [0.5, 0.6) is 11.5 Å². The van der Waals surface area contributed by atoms with E-state index >= 15 is 0 Å². The zero-order valence-electron chi connectivity index (χ0n) is 13.8. The van der Waals surface area contributed by atoms with Gasteiger partial charge in [0, 0.05) is 0 Å². The summed E-state index contributed by atoms with van der Waals surface area (Å²) < 4.78 is 122. The summed E-state index contributed by atoms with van der Waals surface area (Å²) in [5.41, 5.74) is 0. The molecular formula is C15H7AlF10O2. The first-order chi connectivity index (χ1) is 12.7. The van der Waals surface area contributed by atoms with Crippen molar-refractivity contribution in [1.82, 2.24) is 0 Å². The number of hydrogen-bond acceptors (Lipinski definition) is 2. The van der Waals surface area contributed by atoms with Gasteiger partial charge < -0.3 is 10.2 Å². The van der Waals surface area contributed by atoms with Gasteiger partial charge in [-0.15, -0.1) is 0 Å². The topological polar surface area (TPSA) is 46.1 Å². The van der Waals surface area contributed by atoms with Crippen molar-refractivity contribution < 1.29 is 54.1 Å². The van der Waals surface area contributed by atoms with Crippen LogP contribution in [0.1, 0.15) is 13.8 Å². The van der Waals surface area contributed by atoms with E-state index in [2.05, 4.69) is 30.1 Å². The van der Waals surface area contributed by atoms with Gasteiger partial charge in [0.25, 0.3) is 0 Å². The van der Waals surface area contributed by atoms with E-state index in [1.54, 1.807) is 0 Å². The summed E-state index contributed by atoms with van der Waals surface area (Å²) in [6.45, 7) is 4.26. The maximum absolute atomic E-state index is 12.1. The summed E-state index contributed by atoms with van der Waals surface area (Å²) in [6, 6.07) is 0. The molecule has 0 aliphatic carbocycles. The van der Waals surface area contributed by atoms with Gasteiger partial charge in [-0.2, -0.15) is 0 Å². The van der Waals surface area contributed by atoms with E-state index in [0.29, 0.717) is 0 Å². The Morgan fingerprint density at radius 1 is 0.464 bits per heavy atom. The van der Waals surface area contributed by atoms with Crippen LogP contribution in [0, 0.1) is 58.2 Å². The van der Waals surface area contributed by atoms with E-state index in [4.69, 9.17) is 0 Å². The van der Waals surface area contributed by atoms with Crippen molar-refractivity contribution in [3.63, 3.8) is 0 Å². The van der Waals surface area contributed by atoms with E-state index in [0.717, 1.165) is 4.78 Å². The molecule has 0 amide bonds. The molecule has 0 spiro atoms. The molecule has 0 saturated heterocycles. The third-order valence-corrected chi connectivity index (χ3v) is 2.34. The molecule has 0 N–H and O–H groups in total. The summed E-state index contributed by atoms with van der Waals surface area (Å²) in [5, 5.41) is 20.3. The predicted octanol–water partition coefficient (Wildman–Crippen LogP) is 3.89. The first-order valence-electron chi connectivity index (χ1n) is 6.79. The molecule has 152 valence electrons. The van der Waals surface area contributed by atoms with Crippen molar-refractivity contribution in [2.24, 2.45) is 0 Å². The second-order valence-corrected chi connectivity index (χ2v) is 6.38. The normalized spacial score (nSPS) is 10.2. The van der Waals surface area contributed by atoms with Gasteiger partial charge in [0.1, 0.15) is 0 Å². The van der Waals surface area contributed by atoms with Crippen molar-refractivity contribution >= 4 is 16.3 Å².